The van der Waals surface area contributed by atoms with Crippen LogP contribution in [0.3, 0.4) is 0 Å². The number of ketones is 1. The Morgan fingerprint density at radius 1 is 1.26 bits per heavy atom. The summed E-state index contributed by atoms with van der Waals surface area (Å²) in [6.07, 6.45) is 7.54. The molecule has 1 aromatic rings. The zero-order valence-corrected chi connectivity index (χ0v) is 10.2. The van der Waals surface area contributed by atoms with Crippen LogP contribution in [0.4, 0.5) is 11.4 Å². The topological polar surface area (TPSA) is 72.2 Å². The number of hydrogen-bond acceptors (Lipinski definition) is 4. The molecule has 0 heterocycles. The van der Waals surface area contributed by atoms with Crippen molar-refractivity contribution in [3.63, 3.8) is 0 Å². The van der Waals surface area contributed by atoms with E-state index in [4.69, 9.17) is 0 Å². The van der Waals surface area contributed by atoms with E-state index in [0.29, 0.717) is 24.6 Å². The molecule has 97 valence electrons. The molecular weight excluding hydrogens is 244 g/mol. The van der Waals surface area contributed by atoms with Gasteiger partial charge < -0.3 is 5.32 Å². The third kappa shape index (κ3) is 3.77. The number of nitrogens with one attached hydrogen (secondary N) is 1. The molecule has 1 N–H and O–H groups in total. The van der Waals surface area contributed by atoms with Crippen LogP contribution in [0.5, 0.6) is 0 Å². The van der Waals surface area contributed by atoms with Gasteiger partial charge in [-0.05, 0) is 31.7 Å². The zero-order valence-electron chi connectivity index (χ0n) is 10.2. The van der Waals surface area contributed by atoms with Crippen molar-refractivity contribution in [1.82, 2.24) is 0 Å². The Morgan fingerprint density at radius 3 is 2.68 bits per heavy atom. The fourth-order valence-electron chi connectivity index (χ4n) is 1.75. The second-order valence-corrected chi connectivity index (χ2v) is 4.08. The number of nitro groups is 1. The average molecular weight is 257 g/mol. The smallest absolute Gasteiger partial charge is 0.271 e. The van der Waals surface area contributed by atoms with Gasteiger partial charge >= 0.3 is 0 Å². The predicted molar refractivity (Wildman–Crippen MR) is 71.7 cm³/mol. The van der Waals surface area contributed by atoms with E-state index in [1.54, 1.807) is 25.0 Å². The van der Waals surface area contributed by atoms with Gasteiger partial charge in [0.15, 0.2) is 0 Å². The summed E-state index contributed by atoms with van der Waals surface area (Å²) in [6, 6.07) is 6.23. The average Bonchev–Trinajstić information content (AvgIpc) is 2.93. The fourth-order valence-corrected chi connectivity index (χ4v) is 1.75. The Bertz CT molecular complexity index is 468. The van der Waals surface area contributed by atoms with Crippen molar-refractivity contribution >= 4 is 17.2 Å². The number of anilines is 1. The van der Waals surface area contributed by atoms with Crippen molar-refractivity contribution in [2.45, 2.75) is 6.42 Å². The molecule has 0 spiro atoms. The zero-order chi connectivity index (χ0) is 13.7. The molecule has 5 heteroatoms. The summed E-state index contributed by atoms with van der Waals surface area (Å²) in [5.74, 6) is 0.753. The monoisotopic (exact) mass is 257 g/mol. The van der Waals surface area contributed by atoms with Crippen LogP contribution >= 0.6 is 0 Å². The first-order valence-electron chi connectivity index (χ1n) is 5.90. The number of carbonyl (C=O) groups is 1. The lowest BCUT2D eigenvalue weighted by atomic mass is 10.0. The number of non-ortho nitro benzene ring substituents is 1. The lowest BCUT2D eigenvalue weighted by molar-refractivity contribution is -0.384. The number of Topliss-reactive ketones (excluding diaryl/α,β-unsaturated/α-hetero) is 1. The molecular formula is C14H13N2O3. The van der Waals surface area contributed by atoms with Gasteiger partial charge in [-0.2, -0.15) is 0 Å². The molecule has 0 amide bonds. The van der Waals surface area contributed by atoms with Gasteiger partial charge in [-0.25, -0.2) is 0 Å². The van der Waals surface area contributed by atoms with E-state index in [-0.39, 0.29) is 11.5 Å². The molecule has 5 radical (unpaired) electrons. The minimum absolute atomic E-state index is 0.0346. The van der Waals surface area contributed by atoms with E-state index in [9.17, 15) is 14.9 Å². The number of benzene rings is 1. The number of rotatable bonds is 6. The molecule has 0 aliphatic heterocycles. The van der Waals surface area contributed by atoms with E-state index in [1.807, 2.05) is 12.8 Å². The minimum Gasteiger partial charge on any atom is -0.384 e. The largest absolute Gasteiger partial charge is 0.384 e. The number of nitrogens with zero attached hydrogens (tertiary/aromatic N) is 1. The lowest BCUT2D eigenvalue weighted by Gasteiger charge is -2.08. The van der Waals surface area contributed by atoms with Crippen LogP contribution in [0, 0.1) is 41.7 Å². The highest BCUT2D eigenvalue weighted by Crippen LogP contribution is 2.25. The highest BCUT2D eigenvalue weighted by Gasteiger charge is 2.23. The standard InChI is InChI=1S/C14H13N2O3/c17-14(11-4-1-2-5-11)8-9-15-12-6-3-7-13(10-12)16(18)19/h1-7,10,15H,8-9H2. The summed E-state index contributed by atoms with van der Waals surface area (Å²) in [5.41, 5.74) is 0.678. The number of carbonyl (C=O) groups excluding carboxylic acids is 1. The van der Waals surface area contributed by atoms with Crippen LogP contribution in [-0.2, 0) is 4.79 Å². The lowest BCUT2D eigenvalue weighted by Crippen LogP contribution is -2.14. The van der Waals surface area contributed by atoms with Crippen LogP contribution in [0.2, 0.25) is 0 Å². The predicted octanol–water partition coefficient (Wildman–Crippen LogP) is 2.37. The summed E-state index contributed by atoms with van der Waals surface area (Å²) in [6.45, 7) is 0.450. The highest BCUT2D eigenvalue weighted by atomic mass is 16.6. The van der Waals surface area contributed by atoms with Gasteiger partial charge in [0.1, 0.15) is 5.78 Å². The molecule has 1 aliphatic rings. The van der Waals surface area contributed by atoms with Gasteiger partial charge in [-0.15, -0.1) is 0 Å². The number of hydrogen-bond donors (Lipinski definition) is 1. The van der Waals surface area contributed by atoms with Gasteiger partial charge in [0.05, 0.1) is 4.92 Å². The third-order valence-corrected chi connectivity index (χ3v) is 2.72. The Kier molecular flexibility index (Phi) is 4.49. The van der Waals surface area contributed by atoms with Crippen molar-refractivity contribution in [2.75, 3.05) is 11.9 Å². The minimum atomic E-state index is -0.444. The number of nitro benzene ring substituents is 1. The third-order valence-electron chi connectivity index (χ3n) is 2.72. The molecule has 5 nitrogen and oxygen atoms in total. The van der Waals surface area contributed by atoms with Crippen molar-refractivity contribution in [3.05, 3.63) is 66.0 Å². The van der Waals surface area contributed by atoms with Gasteiger partial charge in [-0.1, -0.05) is 6.07 Å². The van der Waals surface area contributed by atoms with Crippen molar-refractivity contribution in [2.24, 2.45) is 0 Å². The van der Waals surface area contributed by atoms with E-state index in [1.165, 1.54) is 12.1 Å². The van der Waals surface area contributed by atoms with Gasteiger partial charge in [0.25, 0.3) is 5.69 Å². The van der Waals surface area contributed by atoms with Gasteiger partial charge in [0.2, 0.25) is 0 Å². The first-order valence-corrected chi connectivity index (χ1v) is 5.90. The van der Waals surface area contributed by atoms with E-state index in [0.717, 1.165) is 0 Å². The summed E-state index contributed by atoms with van der Waals surface area (Å²) >= 11 is 0. The first-order chi connectivity index (χ1) is 9.16. The highest BCUT2D eigenvalue weighted by molar-refractivity contribution is 5.97. The molecule has 19 heavy (non-hydrogen) atoms. The van der Waals surface area contributed by atoms with Crippen molar-refractivity contribution < 1.29 is 9.72 Å². The van der Waals surface area contributed by atoms with Crippen molar-refractivity contribution in [3.8, 4) is 0 Å². The summed E-state index contributed by atoms with van der Waals surface area (Å²) in [4.78, 5) is 21.9. The SMILES string of the molecule is O=C(CCNc1cccc([N+](=O)[O-])c1)[C]1[CH][CH][CH][CH]1. The van der Waals surface area contributed by atoms with Crippen LogP contribution < -0.4 is 5.32 Å². The van der Waals surface area contributed by atoms with Crippen LogP contribution in [-0.4, -0.2) is 17.3 Å². The summed E-state index contributed by atoms with van der Waals surface area (Å²) in [5, 5.41) is 13.6. The summed E-state index contributed by atoms with van der Waals surface area (Å²) in [7, 11) is 0. The maximum absolute atomic E-state index is 11.7. The quantitative estimate of drug-likeness (QED) is 0.627. The molecule has 0 aromatic heterocycles. The van der Waals surface area contributed by atoms with Gasteiger partial charge in [-0.3, -0.25) is 14.9 Å². The molecule has 0 saturated heterocycles. The molecule has 1 saturated carbocycles. The molecule has 1 fully saturated rings. The maximum atomic E-state index is 11.7. The summed E-state index contributed by atoms with van der Waals surface area (Å²) < 4.78 is 0. The van der Waals surface area contributed by atoms with Crippen LogP contribution in [0.25, 0.3) is 0 Å². The fraction of sp³-hybridized carbons (Fsp3) is 0.143. The molecule has 0 bridgehead atoms. The molecule has 0 unspecified atom stereocenters. The normalized spacial score (nSPS) is 15.4. The Labute approximate surface area is 112 Å². The molecule has 1 aliphatic carbocycles. The maximum Gasteiger partial charge on any atom is 0.271 e. The van der Waals surface area contributed by atoms with E-state index in [2.05, 4.69) is 5.32 Å². The van der Waals surface area contributed by atoms with Crippen LogP contribution in [0.15, 0.2) is 24.3 Å². The Morgan fingerprint density at radius 2 is 2.00 bits per heavy atom. The second-order valence-electron chi connectivity index (χ2n) is 4.08. The molecule has 2 rings (SSSR count). The van der Waals surface area contributed by atoms with E-state index < -0.39 is 4.92 Å². The van der Waals surface area contributed by atoms with Gasteiger partial charge in [0, 0.05) is 36.7 Å². The Hall–Kier alpha value is -1.91. The first kappa shape index (κ1) is 13.5. The van der Waals surface area contributed by atoms with Crippen LogP contribution in [0.1, 0.15) is 6.42 Å². The second kappa shape index (κ2) is 6.31. The van der Waals surface area contributed by atoms with E-state index >= 15 is 0 Å². The molecule has 0 atom stereocenters. The Balaban J connectivity index is 1.80. The molecule has 1 aromatic carbocycles. The van der Waals surface area contributed by atoms with Crippen molar-refractivity contribution in [1.29, 1.82) is 0 Å².